The largest absolute Gasteiger partial charge is 0.446 e. The van der Waals surface area contributed by atoms with Crippen LogP contribution in [0.2, 0.25) is 0 Å². The molecule has 0 aliphatic rings. The van der Waals surface area contributed by atoms with Crippen molar-refractivity contribution in [3.63, 3.8) is 0 Å². The topological polar surface area (TPSA) is 76.0 Å². The van der Waals surface area contributed by atoms with Crippen LogP contribution in [-0.4, -0.2) is 29.9 Å². The zero-order valence-corrected chi connectivity index (χ0v) is 12.8. The Kier molecular flexibility index (Phi) is 6.43. The molecule has 0 fully saturated rings. The van der Waals surface area contributed by atoms with Crippen molar-refractivity contribution in [3.05, 3.63) is 36.0 Å². The van der Waals surface area contributed by atoms with E-state index < -0.39 is 10.4 Å². The highest BCUT2D eigenvalue weighted by Crippen LogP contribution is 2.15. The first kappa shape index (κ1) is 16.1. The van der Waals surface area contributed by atoms with Gasteiger partial charge >= 0.3 is 10.4 Å². The summed E-state index contributed by atoms with van der Waals surface area (Å²) in [5, 5.41) is 0. The van der Waals surface area contributed by atoms with Crippen molar-refractivity contribution in [1.29, 1.82) is 0 Å². The number of hydrogen-bond acceptors (Lipinski definition) is 6. The van der Waals surface area contributed by atoms with Crippen molar-refractivity contribution in [2.45, 2.75) is 0 Å². The van der Waals surface area contributed by atoms with E-state index in [0.29, 0.717) is 0 Å². The molecule has 0 aliphatic carbocycles. The Hall–Kier alpha value is -0.960. The van der Waals surface area contributed by atoms with Gasteiger partial charge in [-0.25, -0.2) is 4.99 Å². The molecule has 8 heteroatoms. The Labute approximate surface area is 121 Å². The summed E-state index contributed by atoms with van der Waals surface area (Å²) in [5.41, 5.74) is 0.841. The lowest BCUT2D eigenvalue weighted by molar-refractivity contribution is 0.387. The van der Waals surface area contributed by atoms with Crippen molar-refractivity contribution in [1.82, 2.24) is 0 Å². The minimum atomic E-state index is -4.47. The maximum atomic E-state index is 10.5. The molecule has 0 heterocycles. The van der Waals surface area contributed by atoms with Gasteiger partial charge in [0.15, 0.2) is 0 Å². The van der Waals surface area contributed by atoms with E-state index in [0.717, 1.165) is 9.94 Å². The normalized spacial score (nSPS) is 11.5. The number of aliphatic imine (C=N–C) groups is 1. The second-order valence-electron chi connectivity index (χ2n) is 3.20. The maximum absolute atomic E-state index is 10.5. The highest BCUT2D eigenvalue weighted by molar-refractivity contribution is 8.38. The minimum absolute atomic E-state index is 0.0528. The number of hydrogen-bond donors (Lipinski definition) is 1. The maximum Gasteiger partial charge on any atom is 0.446 e. The van der Waals surface area contributed by atoms with E-state index >= 15 is 0 Å². The van der Waals surface area contributed by atoms with Crippen LogP contribution >= 0.6 is 23.5 Å². The first-order chi connectivity index (χ1) is 8.94. The molecule has 0 saturated heterocycles. The van der Waals surface area contributed by atoms with E-state index in [-0.39, 0.29) is 5.75 Å². The molecule has 0 bridgehead atoms. The third-order valence-corrected chi connectivity index (χ3v) is 4.19. The highest BCUT2D eigenvalue weighted by atomic mass is 32.3. The van der Waals surface area contributed by atoms with Gasteiger partial charge in [-0.2, -0.15) is 8.42 Å². The second kappa shape index (κ2) is 7.59. The summed E-state index contributed by atoms with van der Waals surface area (Å²) in [6.07, 6.45) is 7.35. The zero-order chi connectivity index (χ0) is 14.3. The monoisotopic (exact) mass is 319 g/mol. The van der Waals surface area contributed by atoms with E-state index in [1.807, 2.05) is 12.5 Å². The van der Waals surface area contributed by atoms with Gasteiger partial charge < -0.3 is 4.18 Å². The molecular formula is C11H13NO4S3. The molecule has 104 valence electrons. The molecule has 0 atom stereocenters. The summed E-state index contributed by atoms with van der Waals surface area (Å²) in [6, 6.07) is 6.21. The van der Waals surface area contributed by atoms with Crippen LogP contribution in [0.3, 0.4) is 0 Å². The number of rotatable bonds is 4. The van der Waals surface area contributed by atoms with E-state index in [1.165, 1.54) is 12.1 Å². The Bertz CT molecular complexity index is 558. The lowest BCUT2D eigenvalue weighted by Crippen LogP contribution is -2.06. The van der Waals surface area contributed by atoms with Crippen molar-refractivity contribution in [3.8, 4) is 5.75 Å². The lowest BCUT2D eigenvalue weighted by Gasteiger charge is -2.01. The number of nitrogens with zero attached hydrogens (tertiary/aromatic N) is 1. The molecular weight excluding hydrogens is 306 g/mol. The fourth-order valence-electron chi connectivity index (χ4n) is 1.13. The van der Waals surface area contributed by atoms with Crippen molar-refractivity contribution >= 4 is 44.4 Å². The van der Waals surface area contributed by atoms with Crippen molar-refractivity contribution in [2.75, 3.05) is 12.5 Å². The predicted molar refractivity (Wildman–Crippen MR) is 82.1 cm³/mol. The van der Waals surface area contributed by atoms with Crippen molar-refractivity contribution < 1.29 is 17.2 Å². The van der Waals surface area contributed by atoms with Crippen LogP contribution in [-0.2, 0) is 10.4 Å². The average molecular weight is 319 g/mol. The van der Waals surface area contributed by atoms with Crippen LogP contribution in [0.4, 0.5) is 0 Å². The van der Waals surface area contributed by atoms with Gasteiger partial charge in [0, 0.05) is 6.20 Å². The first-order valence-corrected chi connectivity index (χ1v) is 8.85. The minimum Gasteiger partial charge on any atom is -0.362 e. The van der Waals surface area contributed by atoms with Gasteiger partial charge in [-0.05, 0) is 36.3 Å². The van der Waals surface area contributed by atoms with Gasteiger partial charge in [-0.15, -0.1) is 23.5 Å². The van der Waals surface area contributed by atoms with Gasteiger partial charge in [0.05, 0.1) is 0 Å². The van der Waals surface area contributed by atoms with E-state index in [4.69, 9.17) is 4.55 Å². The van der Waals surface area contributed by atoms with Crippen LogP contribution in [0, 0.1) is 0 Å². The summed E-state index contributed by atoms with van der Waals surface area (Å²) >= 11 is 3.12. The van der Waals surface area contributed by atoms with E-state index in [1.54, 1.807) is 47.9 Å². The molecule has 19 heavy (non-hydrogen) atoms. The van der Waals surface area contributed by atoms with Gasteiger partial charge in [0.25, 0.3) is 0 Å². The molecule has 0 amide bonds. The average Bonchev–Trinajstić information content (AvgIpc) is 2.35. The molecule has 1 aromatic rings. The Morgan fingerprint density at radius 1 is 1.26 bits per heavy atom. The van der Waals surface area contributed by atoms with Crippen LogP contribution in [0.5, 0.6) is 5.75 Å². The molecule has 0 saturated carbocycles. The van der Waals surface area contributed by atoms with Gasteiger partial charge in [-0.3, -0.25) is 4.55 Å². The van der Waals surface area contributed by atoms with Gasteiger partial charge in [-0.1, -0.05) is 12.1 Å². The highest BCUT2D eigenvalue weighted by Gasteiger charge is 2.05. The lowest BCUT2D eigenvalue weighted by atomic mass is 10.2. The first-order valence-electron chi connectivity index (χ1n) is 5.04. The molecule has 0 aliphatic heterocycles. The van der Waals surface area contributed by atoms with Crippen LogP contribution in [0.1, 0.15) is 5.56 Å². The fourth-order valence-corrected chi connectivity index (χ4v) is 2.48. The van der Waals surface area contributed by atoms with E-state index in [9.17, 15) is 8.42 Å². The van der Waals surface area contributed by atoms with Crippen molar-refractivity contribution in [2.24, 2.45) is 4.99 Å². The molecule has 5 nitrogen and oxygen atoms in total. The third-order valence-electron chi connectivity index (χ3n) is 1.88. The summed E-state index contributed by atoms with van der Waals surface area (Å²) < 4.78 is 34.8. The van der Waals surface area contributed by atoms with Crippen LogP contribution < -0.4 is 4.18 Å². The SMILES string of the molecule is CSC(=N/C=C\c1ccc(OS(=O)(=O)O)cc1)SC. The van der Waals surface area contributed by atoms with Gasteiger partial charge in [0.2, 0.25) is 0 Å². The molecule has 0 aromatic heterocycles. The summed E-state index contributed by atoms with van der Waals surface area (Å²) in [5.74, 6) is 0.0528. The Morgan fingerprint density at radius 2 is 1.84 bits per heavy atom. The quantitative estimate of drug-likeness (QED) is 0.522. The molecule has 0 spiro atoms. The number of thioether (sulfide) groups is 2. The number of benzene rings is 1. The van der Waals surface area contributed by atoms with Crippen LogP contribution in [0.15, 0.2) is 35.5 Å². The summed E-state index contributed by atoms with van der Waals surface area (Å²) in [7, 11) is -4.47. The Balaban J connectivity index is 2.72. The van der Waals surface area contributed by atoms with Gasteiger partial charge in [0.1, 0.15) is 10.1 Å². The molecule has 1 aromatic carbocycles. The molecule has 1 N–H and O–H groups in total. The Morgan fingerprint density at radius 3 is 2.32 bits per heavy atom. The summed E-state index contributed by atoms with van der Waals surface area (Å²) in [6.45, 7) is 0. The fraction of sp³-hybridized carbons (Fsp3) is 0.182. The second-order valence-corrected chi connectivity index (χ2v) is 6.07. The molecule has 0 radical (unpaired) electrons. The molecule has 0 unspecified atom stereocenters. The molecule has 1 rings (SSSR count). The predicted octanol–water partition coefficient (Wildman–Crippen LogP) is 2.92. The summed E-state index contributed by atoms with van der Waals surface area (Å²) in [4.78, 5) is 4.23. The smallest absolute Gasteiger partial charge is 0.362 e. The van der Waals surface area contributed by atoms with E-state index in [2.05, 4.69) is 9.18 Å². The zero-order valence-electron chi connectivity index (χ0n) is 10.3. The van der Waals surface area contributed by atoms with Crippen LogP contribution in [0.25, 0.3) is 6.08 Å². The standard InChI is InChI=1S/C11H13NO4S3/c1-17-11(18-2)12-8-7-9-3-5-10(6-4-9)16-19(13,14)15/h3-8H,1-2H3,(H,13,14,15)/b8-7-. The third kappa shape index (κ3) is 6.67.